The number of hydrogen-bond acceptors (Lipinski definition) is 4. The molecular formula is C19H30N2O2S. The number of aromatic nitrogens is 1. The van der Waals surface area contributed by atoms with E-state index >= 15 is 0 Å². The maximum Gasteiger partial charge on any atom is 0.136 e. The Balaban J connectivity index is 3.05. The summed E-state index contributed by atoms with van der Waals surface area (Å²) in [5.41, 5.74) is 3.76. The van der Waals surface area contributed by atoms with E-state index in [1.54, 1.807) is 6.20 Å². The lowest BCUT2D eigenvalue weighted by Gasteiger charge is -2.23. The van der Waals surface area contributed by atoms with Gasteiger partial charge in [-0.05, 0) is 51.8 Å². The SMILES string of the molecule is CC/C(C)=C\C(=C(\O)CC)c1ccnc(CN[S+]([O-])C(C)(C)C)c1. The largest absolute Gasteiger partial charge is 0.598 e. The van der Waals surface area contributed by atoms with Gasteiger partial charge in [-0.3, -0.25) is 4.98 Å². The third-order valence-electron chi connectivity index (χ3n) is 3.66. The molecule has 1 aromatic rings. The number of pyridine rings is 1. The first-order valence-electron chi connectivity index (χ1n) is 8.39. The Kier molecular flexibility index (Phi) is 8.00. The van der Waals surface area contributed by atoms with Gasteiger partial charge >= 0.3 is 0 Å². The number of allylic oxidation sites excluding steroid dienone is 4. The van der Waals surface area contributed by atoms with E-state index in [4.69, 9.17) is 0 Å². The molecule has 1 rings (SSSR count). The molecule has 0 radical (unpaired) electrons. The Bertz CT molecular complexity index is 604. The topological polar surface area (TPSA) is 68.2 Å². The van der Waals surface area contributed by atoms with Crippen LogP contribution in [0.5, 0.6) is 0 Å². The summed E-state index contributed by atoms with van der Waals surface area (Å²) in [5, 5.41) is 10.3. The maximum absolute atomic E-state index is 12.1. The molecule has 1 aromatic heterocycles. The Morgan fingerprint density at radius 1 is 1.33 bits per heavy atom. The van der Waals surface area contributed by atoms with Crippen LogP contribution in [0.15, 0.2) is 35.7 Å². The predicted octanol–water partition coefficient (Wildman–Crippen LogP) is 4.67. The van der Waals surface area contributed by atoms with Crippen LogP contribution >= 0.6 is 0 Å². The summed E-state index contributed by atoms with van der Waals surface area (Å²) >= 11 is -1.14. The van der Waals surface area contributed by atoms with Gasteiger partial charge in [-0.15, -0.1) is 4.72 Å². The van der Waals surface area contributed by atoms with Gasteiger partial charge in [-0.25, -0.2) is 0 Å². The van der Waals surface area contributed by atoms with Crippen molar-refractivity contribution in [1.29, 1.82) is 0 Å². The van der Waals surface area contributed by atoms with Gasteiger partial charge in [0.25, 0.3) is 0 Å². The maximum atomic E-state index is 12.1. The molecule has 134 valence electrons. The molecule has 1 heterocycles. The van der Waals surface area contributed by atoms with Crippen LogP contribution in [0.25, 0.3) is 5.57 Å². The van der Waals surface area contributed by atoms with E-state index in [9.17, 15) is 9.66 Å². The Morgan fingerprint density at radius 3 is 2.54 bits per heavy atom. The van der Waals surface area contributed by atoms with Gasteiger partial charge in [-0.1, -0.05) is 25.5 Å². The molecule has 0 saturated carbocycles. The number of aliphatic hydroxyl groups is 1. The molecule has 0 amide bonds. The normalized spacial score (nSPS) is 15.2. The molecule has 0 fully saturated rings. The standard InChI is InChI=1S/C19H30N2O2S/c1-7-14(3)11-17(18(22)8-2)15-9-10-20-16(12-15)13-21-24(23)19(4,5)6/h9-12,21-22H,7-8,13H2,1-6H3/b14-11-,18-17-. The van der Waals surface area contributed by atoms with Crippen molar-refractivity contribution in [3.8, 4) is 0 Å². The molecule has 4 nitrogen and oxygen atoms in total. The van der Waals surface area contributed by atoms with Gasteiger partial charge in [0, 0.05) is 29.6 Å². The summed E-state index contributed by atoms with van der Waals surface area (Å²) in [5.74, 6) is 0.367. The van der Waals surface area contributed by atoms with Crippen LogP contribution in [-0.4, -0.2) is 19.4 Å². The van der Waals surface area contributed by atoms with E-state index in [1.165, 1.54) is 5.57 Å². The number of rotatable bonds is 7. The third kappa shape index (κ3) is 6.30. The molecule has 24 heavy (non-hydrogen) atoms. The zero-order valence-corrected chi connectivity index (χ0v) is 16.5. The molecule has 5 heteroatoms. The lowest BCUT2D eigenvalue weighted by Crippen LogP contribution is -2.39. The van der Waals surface area contributed by atoms with Crippen molar-refractivity contribution >= 4 is 16.9 Å². The first kappa shape index (κ1) is 20.7. The summed E-state index contributed by atoms with van der Waals surface area (Å²) in [6, 6.07) is 3.83. The Labute approximate surface area is 149 Å². The predicted molar refractivity (Wildman–Crippen MR) is 103 cm³/mol. The quantitative estimate of drug-likeness (QED) is 0.426. The van der Waals surface area contributed by atoms with Crippen molar-refractivity contribution in [3.05, 3.63) is 47.0 Å². The summed E-state index contributed by atoms with van der Waals surface area (Å²) < 4.78 is 14.8. The van der Waals surface area contributed by atoms with E-state index in [2.05, 4.69) is 23.6 Å². The molecule has 0 aliphatic rings. The highest BCUT2D eigenvalue weighted by atomic mass is 32.2. The monoisotopic (exact) mass is 350 g/mol. The van der Waals surface area contributed by atoms with Crippen molar-refractivity contribution in [2.75, 3.05) is 0 Å². The lowest BCUT2D eigenvalue weighted by atomic mass is 10.0. The van der Waals surface area contributed by atoms with Crippen LogP contribution in [0.2, 0.25) is 0 Å². The fraction of sp³-hybridized carbons (Fsp3) is 0.526. The number of hydrogen-bond donors (Lipinski definition) is 2. The van der Waals surface area contributed by atoms with E-state index in [-0.39, 0.29) is 4.75 Å². The molecule has 0 aromatic carbocycles. The van der Waals surface area contributed by atoms with Crippen LogP contribution in [0, 0.1) is 0 Å². The van der Waals surface area contributed by atoms with Crippen molar-refractivity contribution in [1.82, 2.24) is 9.71 Å². The fourth-order valence-electron chi connectivity index (χ4n) is 1.97. The zero-order chi connectivity index (χ0) is 18.3. The summed E-state index contributed by atoms with van der Waals surface area (Å²) in [4.78, 5) is 4.34. The minimum absolute atomic E-state index is 0.315. The van der Waals surface area contributed by atoms with Gasteiger partial charge < -0.3 is 9.66 Å². The first-order chi connectivity index (χ1) is 11.2. The van der Waals surface area contributed by atoms with Crippen LogP contribution in [0.1, 0.15) is 65.6 Å². The van der Waals surface area contributed by atoms with Crippen LogP contribution in [-0.2, 0) is 17.9 Å². The summed E-state index contributed by atoms with van der Waals surface area (Å²) in [6.07, 6.45) is 5.26. The molecule has 0 saturated heterocycles. The second-order valence-electron chi connectivity index (χ2n) is 6.80. The lowest BCUT2D eigenvalue weighted by molar-refractivity contribution is 0.398. The highest BCUT2D eigenvalue weighted by Gasteiger charge is 2.26. The number of nitrogens with one attached hydrogen (secondary N) is 1. The second-order valence-corrected chi connectivity index (χ2v) is 8.85. The van der Waals surface area contributed by atoms with E-state index in [0.29, 0.717) is 18.7 Å². The highest BCUT2D eigenvalue weighted by molar-refractivity contribution is 7.90. The Hall–Kier alpha value is -1.30. The van der Waals surface area contributed by atoms with Gasteiger partial charge in [0.15, 0.2) is 0 Å². The van der Waals surface area contributed by atoms with Crippen LogP contribution in [0.4, 0.5) is 0 Å². The molecule has 0 spiro atoms. The van der Waals surface area contributed by atoms with Crippen molar-refractivity contribution in [2.24, 2.45) is 0 Å². The van der Waals surface area contributed by atoms with Crippen molar-refractivity contribution < 1.29 is 9.66 Å². The zero-order valence-electron chi connectivity index (χ0n) is 15.6. The van der Waals surface area contributed by atoms with Crippen LogP contribution < -0.4 is 4.72 Å². The number of aliphatic hydroxyl groups excluding tert-OH is 1. The molecule has 0 aliphatic carbocycles. The third-order valence-corrected chi connectivity index (χ3v) is 5.18. The minimum atomic E-state index is -1.14. The summed E-state index contributed by atoms with van der Waals surface area (Å²) in [7, 11) is 0. The fourth-order valence-corrected chi connectivity index (χ4v) is 2.68. The second kappa shape index (κ2) is 9.25. The molecule has 0 aliphatic heterocycles. The van der Waals surface area contributed by atoms with Gasteiger partial charge in [-0.2, -0.15) is 0 Å². The van der Waals surface area contributed by atoms with Gasteiger partial charge in [0.1, 0.15) is 4.75 Å². The van der Waals surface area contributed by atoms with Crippen LogP contribution in [0.3, 0.4) is 0 Å². The number of nitrogens with zero attached hydrogens (tertiary/aromatic N) is 1. The molecule has 0 bridgehead atoms. The highest BCUT2D eigenvalue weighted by Crippen LogP contribution is 2.23. The minimum Gasteiger partial charge on any atom is -0.598 e. The van der Waals surface area contributed by atoms with Crippen molar-refractivity contribution in [2.45, 2.75) is 65.7 Å². The first-order valence-corrected chi connectivity index (χ1v) is 9.54. The van der Waals surface area contributed by atoms with E-state index in [1.807, 2.05) is 45.9 Å². The molecular weight excluding hydrogens is 320 g/mol. The average molecular weight is 351 g/mol. The Morgan fingerprint density at radius 2 is 2.00 bits per heavy atom. The molecule has 2 N–H and O–H groups in total. The van der Waals surface area contributed by atoms with Gasteiger partial charge in [0.2, 0.25) is 0 Å². The van der Waals surface area contributed by atoms with Gasteiger partial charge in [0.05, 0.1) is 18.0 Å². The molecule has 1 unspecified atom stereocenters. The van der Waals surface area contributed by atoms with Crippen molar-refractivity contribution in [3.63, 3.8) is 0 Å². The smallest absolute Gasteiger partial charge is 0.136 e. The molecule has 1 atom stereocenters. The summed E-state index contributed by atoms with van der Waals surface area (Å²) in [6.45, 7) is 12.3. The van der Waals surface area contributed by atoms with E-state index < -0.39 is 11.4 Å². The average Bonchev–Trinajstić information content (AvgIpc) is 2.55. The van der Waals surface area contributed by atoms with E-state index in [0.717, 1.165) is 23.3 Å².